The second-order valence-electron chi connectivity index (χ2n) is 7.73. The molecule has 0 aliphatic carbocycles. The van der Waals surface area contributed by atoms with Crippen LogP contribution in [-0.4, -0.2) is 19.6 Å². The van der Waals surface area contributed by atoms with Crippen LogP contribution in [0.5, 0.6) is 0 Å². The van der Waals surface area contributed by atoms with Crippen LogP contribution in [0.25, 0.3) is 16.9 Å². The Bertz CT molecular complexity index is 1400. The highest BCUT2D eigenvalue weighted by molar-refractivity contribution is 7.98. The van der Waals surface area contributed by atoms with Gasteiger partial charge in [-0.05, 0) is 35.7 Å². The maximum Gasteiger partial charge on any atom is 0.274 e. The van der Waals surface area contributed by atoms with Crippen LogP contribution in [0, 0.1) is 6.92 Å². The number of hydrogen-bond acceptors (Lipinski definition) is 4. The van der Waals surface area contributed by atoms with Gasteiger partial charge in [0.15, 0.2) is 0 Å². The molecule has 158 valence electrons. The van der Waals surface area contributed by atoms with Gasteiger partial charge in [0, 0.05) is 23.1 Å². The summed E-state index contributed by atoms with van der Waals surface area (Å²) < 4.78 is 1.41. The molecular formula is C26H22N4OS. The SMILES string of the molecule is Cc1ccc(-c2ccc(SCc3cc(=O)n4[nH]c(Cc5ccccc5)nc4n3)cc2)cc1. The minimum atomic E-state index is -0.146. The highest BCUT2D eigenvalue weighted by atomic mass is 32.2. The zero-order chi connectivity index (χ0) is 21.9. The first kappa shape index (κ1) is 20.3. The smallest absolute Gasteiger partial charge is 0.274 e. The molecule has 0 saturated heterocycles. The summed E-state index contributed by atoms with van der Waals surface area (Å²) in [5.74, 6) is 1.74. The predicted molar refractivity (Wildman–Crippen MR) is 129 cm³/mol. The Balaban J connectivity index is 1.30. The summed E-state index contributed by atoms with van der Waals surface area (Å²) in [7, 11) is 0. The average molecular weight is 439 g/mol. The van der Waals surface area contributed by atoms with E-state index in [0.29, 0.717) is 18.0 Å². The minimum absolute atomic E-state index is 0.146. The van der Waals surface area contributed by atoms with Crippen LogP contribution >= 0.6 is 11.8 Å². The Morgan fingerprint density at radius 1 is 0.875 bits per heavy atom. The lowest BCUT2D eigenvalue weighted by Gasteiger charge is -2.05. The Morgan fingerprint density at radius 2 is 1.56 bits per heavy atom. The lowest BCUT2D eigenvalue weighted by Crippen LogP contribution is -2.15. The molecule has 0 saturated carbocycles. The van der Waals surface area contributed by atoms with Crippen LogP contribution in [0.4, 0.5) is 0 Å². The molecule has 0 spiro atoms. The average Bonchev–Trinajstić information content (AvgIpc) is 3.22. The normalized spacial score (nSPS) is 11.2. The number of thioether (sulfide) groups is 1. The second kappa shape index (κ2) is 8.85. The zero-order valence-electron chi connectivity index (χ0n) is 17.7. The molecule has 5 nitrogen and oxygen atoms in total. The van der Waals surface area contributed by atoms with Crippen LogP contribution in [0.15, 0.2) is 94.6 Å². The fourth-order valence-electron chi connectivity index (χ4n) is 3.56. The predicted octanol–water partition coefficient (Wildman–Crippen LogP) is 5.28. The number of aromatic amines is 1. The second-order valence-corrected chi connectivity index (χ2v) is 8.78. The van der Waals surface area contributed by atoms with Gasteiger partial charge in [0.05, 0.1) is 5.69 Å². The summed E-state index contributed by atoms with van der Waals surface area (Å²) in [6.45, 7) is 2.09. The number of nitrogens with one attached hydrogen (secondary N) is 1. The van der Waals surface area contributed by atoms with E-state index in [9.17, 15) is 4.79 Å². The molecule has 0 aliphatic heterocycles. The summed E-state index contributed by atoms with van der Waals surface area (Å²) in [4.78, 5) is 22.8. The maximum atomic E-state index is 12.5. The van der Waals surface area contributed by atoms with E-state index in [1.54, 1.807) is 17.8 Å². The molecule has 1 N–H and O–H groups in total. The van der Waals surface area contributed by atoms with Crippen molar-refractivity contribution in [2.45, 2.75) is 24.0 Å². The Kier molecular flexibility index (Phi) is 5.60. The van der Waals surface area contributed by atoms with Crippen molar-refractivity contribution in [3.8, 4) is 11.1 Å². The lowest BCUT2D eigenvalue weighted by molar-refractivity contribution is 0.856. The van der Waals surface area contributed by atoms with Gasteiger partial charge >= 0.3 is 0 Å². The van der Waals surface area contributed by atoms with Crippen molar-refractivity contribution >= 4 is 17.5 Å². The van der Waals surface area contributed by atoms with E-state index >= 15 is 0 Å². The summed E-state index contributed by atoms with van der Waals surface area (Å²) in [5.41, 5.74) is 5.36. The van der Waals surface area contributed by atoms with Gasteiger partial charge in [-0.2, -0.15) is 9.50 Å². The van der Waals surface area contributed by atoms with Gasteiger partial charge in [0.2, 0.25) is 0 Å². The van der Waals surface area contributed by atoms with Crippen LogP contribution < -0.4 is 5.56 Å². The third kappa shape index (κ3) is 4.50. The highest BCUT2D eigenvalue weighted by Crippen LogP contribution is 2.26. The Morgan fingerprint density at radius 3 is 2.28 bits per heavy atom. The van der Waals surface area contributed by atoms with E-state index in [2.05, 4.69) is 70.5 Å². The molecule has 0 atom stereocenters. The van der Waals surface area contributed by atoms with Gasteiger partial charge in [-0.25, -0.2) is 4.98 Å². The number of nitrogens with zero attached hydrogens (tertiary/aromatic N) is 3. The fourth-order valence-corrected chi connectivity index (χ4v) is 4.35. The van der Waals surface area contributed by atoms with E-state index in [4.69, 9.17) is 0 Å². The van der Waals surface area contributed by atoms with Gasteiger partial charge in [0.25, 0.3) is 11.3 Å². The van der Waals surface area contributed by atoms with Crippen molar-refractivity contribution in [1.82, 2.24) is 19.6 Å². The molecule has 0 bridgehead atoms. The first-order valence-electron chi connectivity index (χ1n) is 10.5. The van der Waals surface area contributed by atoms with Crippen LogP contribution in [0.2, 0.25) is 0 Å². The molecule has 5 rings (SSSR count). The first-order valence-corrected chi connectivity index (χ1v) is 11.4. The van der Waals surface area contributed by atoms with Crippen molar-refractivity contribution in [2.75, 3.05) is 0 Å². The molecule has 0 unspecified atom stereocenters. The maximum absolute atomic E-state index is 12.5. The molecular weight excluding hydrogens is 416 g/mol. The van der Waals surface area contributed by atoms with Gasteiger partial charge in [-0.15, -0.1) is 11.8 Å². The fraction of sp³-hybridized carbons (Fsp3) is 0.115. The van der Waals surface area contributed by atoms with Crippen molar-refractivity contribution in [1.29, 1.82) is 0 Å². The van der Waals surface area contributed by atoms with E-state index in [0.717, 1.165) is 22.0 Å². The molecule has 0 radical (unpaired) electrons. The molecule has 0 fully saturated rings. The summed E-state index contributed by atoms with van der Waals surface area (Å²) in [6.07, 6.45) is 0.626. The zero-order valence-corrected chi connectivity index (χ0v) is 18.5. The number of aryl methyl sites for hydroxylation is 1. The van der Waals surface area contributed by atoms with Gasteiger partial charge < -0.3 is 0 Å². The molecule has 6 heteroatoms. The van der Waals surface area contributed by atoms with Gasteiger partial charge in [-0.3, -0.25) is 9.89 Å². The molecule has 0 aliphatic rings. The van der Waals surface area contributed by atoms with E-state index < -0.39 is 0 Å². The summed E-state index contributed by atoms with van der Waals surface area (Å²) in [5, 5.41) is 3.06. The van der Waals surface area contributed by atoms with Crippen molar-refractivity contribution in [2.24, 2.45) is 0 Å². The number of benzene rings is 3. The van der Waals surface area contributed by atoms with Crippen molar-refractivity contribution in [3.05, 3.63) is 118 Å². The van der Waals surface area contributed by atoms with E-state index in [1.807, 2.05) is 30.3 Å². The quantitative estimate of drug-likeness (QED) is 0.367. The highest BCUT2D eigenvalue weighted by Gasteiger charge is 2.09. The topological polar surface area (TPSA) is 63.0 Å². The number of fused-ring (bicyclic) bond motifs is 1. The third-order valence-corrected chi connectivity index (χ3v) is 6.32. The lowest BCUT2D eigenvalue weighted by atomic mass is 10.0. The Labute approximate surface area is 190 Å². The van der Waals surface area contributed by atoms with Gasteiger partial charge in [0.1, 0.15) is 5.82 Å². The number of rotatable bonds is 6. The number of hydrogen-bond donors (Lipinski definition) is 1. The monoisotopic (exact) mass is 438 g/mol. The molecule has 2 heterocycles. The third-order valence-electron chi connectivity index (χ3n) is 5.27. The Hall–Kier alpha value is -3.64. The molecule has 32 heavy (non-hydrogen) atoms. The molecule has 0 amide bonds. The minimum Gasteiger partial charge on any atom is -0.275 e. The van der Waals surface area contributed by atoms with Gasteiger partial charge in [-0.1, -0.05) is 72.3 Å². The first-order chi connectivity index (χ1) is 15.6. The molecule has 3 aromatic carbocycles. The summed E-state index contributed by atoms with van der Waals surface area (Å²) in [6, 6.07) is 28.6. The van der Waals surface area contributed by atoms with E-state index in [-0.39, 0.29) is 5.56 Å². The number of H-pyrrole nitrogens is 1. The molecule has 5 aromatic rings. The standard InChI is InChI=1S/C26H22N4OS/c1-18-7-9-20(10-8-18)21-11-13-23(14-12-21)32-17-22-16-25(31)30-26(27-22)28-24(29-30)15-19-5-3-2-4-6-19/h2-14,16H,15,17H2,1H3,(H,27,28,29). The van der Waals surface area contributed by atoms with Crippen LogP contribution in [0.1, 0.15) is 22.6 Å². The number of aromatic nitrogens is 4. The summed E-state index contributed by atoms with van der Waals surface area (Å²) >= 11 is 1.66. The van der Waals surface area contributed by atoms with Crippen molar-refractivity contribution in [3.63, 3.8) is 0 Å². The van der Waals surface area contributed by atoms with Crippen LogP contribution in [-0.2, 0) is 12.2 Å². The largest absolute Gasteiger partial charge is 0.275 e. The van der Waals surface area contributed by atoms with E-state index in [1.165, 1.54) is 21.2 Å². The molecule has 2 aromatic heterocycles. The van der Waals surface area contributed by atoms with Crippen LogP contribution in [0.3, 0.4) is 0 Å². The van der Waals surface area contributed by atoms with Crippen molar-refractivity contribution < 1.29 is 0 Å².